The molecule has 152 valence electrons. The second-order valence-corrected chi connectivity index (χ2v) is 6.76. The minimum absolute atomic E-state index is 0.292. The van der Waals surface area contributed by atoms with Gasteiger partial charge in [0.05, 0.1) is 0 Å². The molecule has 0 fully saturated rings. The number of ether oxygens (including phenoxy) is 2. The first-order chi connectivity index (χ1) is 14.6. The molecule has 0 spiro atoms. The van der Waals surface area contributed by atoms with Crippen LogP contribution in [0, 0.1) is 0 Å². The summed E-state index contributed by atoms with van der Waals surface area (Å²) in [7, 11) is 0. The number of hydrogen-bond acceptors (Lipinski definition) is 5. The van der Waals surface area contributed by atoms with Crippen molar-refractivity contribution in [2.45, 2.75) is 13.3 Å². The second-order valence-electron chi connectivity index (χ2n) is 6.76. The molecule has 0 saturated heterocycles. The van der Waals surface area contributed by atoms with Gasteiger partial charge >= 0.3 is 5.97 Å². The molecule has 1 amide bonds. The van der Waals surface area contributed by atoms with Gasteiger partial charge in [0.25, 0.3) is 5.91 Å². The number of benzene rings is 3. The van der Waals surface area contributed by atoms with E-state index >= 15 is 0 Å². The molecule has 0 radical (unpaired) electrons. The number of fused-ring (bicyclic) bond motifs is 3. The molecule has 4 rings (SSSR count). The maximum atomic E-state index is 12.1. The van der Waals surface area contributed by atoms with Gasteiger partial charge in [0.2, 0.25) is 0 Å². The highest BCUT2D eigenvalue weighted by Crippen LogP contribution is 2.31. The molecule has 4 aromatic rings. The number of carbonyl (C=O) groups is 2. The number of nitrogens with one attached hydrogen (secondary N) is 1. The Bertz CT molecular complexity index is 1210. The van der Waals surface area contributed by atoms with Gasteiger partial charge in [-0.3, -0.25) is 4.79 Å². The van der Waals surface area contributed by atoms with E-state index in [0.717, 1.165) is 39.6 Å². The van der Waals surface area contributed by atoms with Crippen LogP contribution in [0.1, 0.15) is 12.5 Å². The Morgan fingerprint density at radius 1 is 0.900 bits per heavy atom. The van der Waals surface area contributed by atoms with Crippen molar-refractivity contribution in [1.82, 2.24) is 0 Å². The number of esters is 1. The lowest BCUT2D eigenvalue weighted by Gasteiger charge is -2.10. The summed E-state index contributed by atoms with van der Waals surface area (Å²) in [6.07, 6.45) is 0.792. The first-order valence-electron chi connectivity index (χ1n) is 9.71. The van der Waals surface area contributed by atoms with Crippen molar-refractivity contribution in [3.63, 3.8) is 0 Å². The number of hydrogen-bond donors (Lipinski definition) is 1. The Kier molecular flexibility index (Phi) is 5.66. The molecule has 0 bridgehead atoms. The van der Waals surface area contributed by atoms with Gasteiger partial charge in [-0.2, -0.15) is 0 Å². The van der Waals surface area contributed by atoms with Crippen LogP contribution in [-0.4, -0.2) is 25.1 Å². The second kappa shape index (κ2) is 8.69. The number of anilines is 1. The van der Waals surface area contributed by atoms with Crippen LogP contribution in [0.5, 0.6) is 5.75 Å². The predicted octanol–water partition coefficient (Wildman–Crippen LogP) is 4.71. The van der Waals surface area contributed by atoms with E-state index in [1.807, 2.05) is 61.5 Å². The average molecular weight is 403 g/mol. The largest absolute Gasteiger partial charge is 0.482 e. The van der Waals surface area contributed by atoms with Crippen LogP contribution in [0.3, 0.4) is 0 Å². The smallest absolute Gasteiger partial charge is 0.344 e. The minimum Gasteiger partial charge on any atom is -0.482 e. The molecule has 0 aliphatic rings. The molecular weight excluding hydrogens is 382 g/mol. The molecule has 0 atom stereocenters. The van der Waals surface area contributed by atoms with Gasteiger partial charge < -0.3 is 19.2 Å². The Balaban J connectivity index is 1.31. The highest BCUT2D eigenvalue weighted by Gasteiger charge is 2.12. The van der Waals surface area contributed by atoms with Gasteiger partial charge in [-0.25, -0.2) is 4.79 Å². The van der Waals surface area contributed by atoms with Crippen molar-refractivity contribution in [2.24, 2.45) is 0 Å². The summed E-state index contributed by atoms with van der Waals surface area (Å²) in [6, 6.07) is 20.6. The fourth-order valence-electron chi connectivity index (χ4n) is 3.26. The van der Waals surface area contributed by atoms with Gasteiger partial charge in [0, 0.05) is 16.5 Å². The summed E-state index contributed by atoms with van der Waals surface area (Å²) in [5.41, 5.74) is 3.27. The third kappa shape index (κ3) is 4.27. The molecule has 1 N–H and O–H groups in total. The summed E-state index contributed by atoms with van der Waals surface area (Å²) in [5, 5.41) is 4.64. The van der Waals surface area contributed by atoms with Gasteiger partial charge in [0.1, 0.15) is 16.9 Å². The van der Waals surface area contributed by atoms with E-state index in [4.69, 9.17) is 13.9 Å². The van der Waals surface area contributed by atoms with E-state index in [2.05, 4.69) is 5.32 Å². The summed E-state index contributed by atoms with van der Waals surface area (Å²) < 4.78 is 16.3. The highest BCUT2D eigenvalue weighted by molar-refractivity contribution is 6.05. The number of amides is 1. The summed E-state index contributed by atoms with van der Waals surface area (Å²) in [4.78, 5) is 24.0. The zero-order chi connectivity index (χ0) is 20.9. The molecule has 6 heteroatoms. The molecule has 3 aromatic carbocycles. The van der Waals surface area contributed by atoms with Crippen LogP contribution in [0.2, 0.25) is 0 Å². The zero-order valence-corrected chi connectivity index (χ0v) is 16.5. The van der Waals surface area contributed by atoms with Crippen molar-refractivity contribution in [3.05, 3.63) is 72.3 Å². The lowest BCUT2D eigenvalue weighted by atomic mass is 10.1. The van der Waals surface area contributed by atoms with Crippen LogP contribution >= 0.6 is 0 Å². The summed E-state index contributed by atoms with van der Waals surface area (Å²) in [6.45, 7) is 1.35. The van der Waals surface area contributed by atoms with Gasteiger partial charge in [-0.1, -0.05) is 43.3 Å². The van der Waals surface area contributed by atoms with Crippen molar-refractivity contribution in [2.75, 3.05) is 18.5 Å². The zero-order valence-electron chi connectivity index (χ0n) is 16.5. The summed E-state index contributed by atoms with van der Waals surface area (Å²) >= 11 is 0. The van der Waals surface area contributed by atoms with Gasteiger partial charge in [-0.05, 0) is 42.3 Å². The molecule has 0 unspecified atom stereocenters. The number of furan rings is 1. The minimum atomic E-state index is -0.619. The fourth-order valence-corrected chi connectivity index (χ4v) is 3.26. The first-order valence-corrected chi connectivity index (χ1v) is 9.71. The molecule has 0 saturated carbocycles. The maximum absolute atomic E-state index is 12.1. The van der Waals surface area contributed by atoms with E-state index in [9.17, 15) is 9.59 Å². The molecule has 0 aliphatic carbocycles. The van der Waals surface area contributed by atoms with Crippen LogP contribution in [-0.2, 0) is 20.7 Å². The lowest BCUT2D eigenvalue weighted by Crippen LogP contribution is -2.24. The fraction of sp³-hybridized carbons (Fsp3) is 0.167. The van der Waals surface area contributed by atoms with Crippen molar-refractivity contribution in [1.29, 1.82) is 0 Å². The van der Waals surface area contributed by atoms with E-state index in [1.165, 1.54) is 0 Å². The van der Waals surface area contributed by atoms with Crippen LogP contribution in [0.4, 0.5) is 5.69 Å². The molecule has 6 nitrogen and oxygen atoms in total. The number of rotatable bonds is 7. The highest BCUT2D eigenvalue weighted by atomic mass is 16.6. The van der Waals surface area contributed by atoms with E-state index in [-0.39, 0.29) is 13.2 Å². The maximum Gasteiger partial charge on any atom is 0.344 e. The first kappa shape index (κ1) is 19.5. The quantitative estimate of drug-likeness (QED) is 0.452. The Morgan fingerprint density at radius 3 is 2.53 bits per heavy atom. The average Bonchev–Trinajstić information content (AvgIpc) is 3.14. The Labute approximate surface area is 173 Å². The Morgan fingerprint density at radius 2 is 1.67 bits per heavy atom. The van der Waals surface area contributed by atoms with E-state index in [0.29, 0.717) is 5.75 Å². The molecular formula is C24H21NO5. The molecule has 30 heavy (non-hydrogen) atoms. The summed E-state index contributed by atoms with van der Waals surface area (Å²) in [5.74, 6) is -0.492. The normalized spacial score (nSPS) is 10.8. The molecule has 1 aromatic heterocycles. The Hall–Kier alpha value is -3.80. The third-order valence-electron chi connectivity index (χ3n) is 4.74. The van der Waals surface area contributed by atoms with Crippen molar-refractivity contribution < 1.29 is 23.5 Å². The van der Waals surface area contributed by atoms with Crippen LogP contribution in [0.15, 0.2) is 71.1 Å². The number of aryl methyl sites for hydroxylation is 1. The van der Waals surface area contributed by atoms with E-state index in [1.54, 1.807) is 12.1 Å². The molecule has 0 aliphatic heterocycles. The van der Waals surface area contributed by atoms with Crippen molar-refractivity contribution >= 4 is 39.5 Å². The lowest BCUT2D eigenvalue weighted by molar-refractivity contribution is -0.149. The topological polar surface area (TPSA) is 77.8 Å². The van der Waals surface area contributed by atoms with E-state index < -0.39 is 11.9 Å². The van der Waals surface area contributed by atoms with Crippen molar-refractivity contribution in [3.8, 4) is 5.75 Å². The number of carbonyl (C=O) groups excluding carboxylic acids is 2. The monoisotopic (exact) mass is 403 g/mol. The SMILES string of the molecule is CCc1ccccc1NC(=O)COC(=O)COc1ccc2oc3ccccc3c2c1. The van der Waals surface area contributed by atoms with Gasteiger partial charge in [0.15, 0.2) is 13.2 Å². The third-order valence-corrected chi connectivity index (χ3v) is 4.74. The molecule has 1 heterocycles. The van der Waals surface area contributed by atoms with Gasteiger partial charge in [-0.15, -0.1) is 0 Å². The standard InChI is InChI=1S/C24H21NO5/c1-2-16-7-3-5-9-20(16)25-23(26)14-29-24(27)15-28-17-11-12-22-19(13-17)18-8-4-6-10-21(18)30-22/h3-13H,2,14-15H2,1H3,(H,25,26). The number of para-hydroxylation sites is 2. The van der Waals surface area contributed by atoms with Crippen LogP contribution < -0.4 is 10.1 Å². The predicted molar refractivity (Wildman–Crippen MR) is 115 cm³/mol. The van der Waals surface area contributed by atoms with Crippen LogP contribution in [0.25, 0.3) is 21.9 Å².